The summed E-state index contributed by atoms with van der Waals surface area (Å²) in [7, 11) is 0. The molecule has 0 radical (unpaired) electrons. The van der Waals surface area contributed by atoms with E-state index >= 15 is 0 Å². The van der Waals surface area contributed by atoms with Crippen molar-refractivity contribution < 1.29 is 14.7 Å². The van der Waals surface area contributed by atoms with Crippen LogP contribution in [0.3, 0.4) is 0 Å². The molecule has 0 spiro atoms. The smallest absolute Gasteiger partial charge is 0.296 e. The van der Waals surface area contributed by atoms with Crippen molar-refractivity contribution in [3.8, 4) is 0 Å². The molecule has 2 aromatic carbocycles. The van der Waals surface area contributed by atoms with E-state index in [1.54, 1.807) is 25.1 Å². The quantitative estimate of drug-likeness (QED) is 0.345. The standard InChI is InChI=1S/C24H18ClN3O3S2/c1-11-4-6-14(7-5-11)19-18(20(29)22-12(2)26-13(3)32-22)21(30)23(31)28(19)24-27-16-9-8-15(25)10-17(16)33-24/h4-10,19,30H,1-3H3. The van der Waals surface area contributed by atoms with Crippen LogP contribution in [0.4, 0.5) is 5.13 Å². The fourth-order valence-corrected chi connectivity index (χ4v) is 6.09. The summed E-state index contributed by atoms with van der Waals surface area (Å²) < 4.78 is 0.807. The summed E-state index contributed by atoms with van der Waals surface area (Å²) in [5.74, 6) is -1.62. The van der Waals surface area contributed by atoms with Crippen molar-refractivity contribution in [1.29, 1.82) is 0 Å². The number of anilines is 1. The van der Waals surface area contributed by atoms with Gasteiger partial charge in [-0.15, -0.1) is 11.3 Å². The highest BCUT2D eigenvalue weighted by Crippen LogP contribution is 2.45. The van der Waals surface area contributed by atoms with Gasteiger partial charge in [0.05, 0.1) is 37.4 Å². The Hall–Kier alpha value is -3.07. The minimum atomic E-state index is -0.816. The second-order valence-electron chi connectivity index (χ2n) is 7.84. The fraction of sp³-hybridized carbons (Fsp3) is 0.167. The van der Waals surface area contributed by atoms with E-state index in [4.69, 9.17) is 11.6 Å². The normalized spacial score (nSPS) is 16.3. The van der Waals surface area contributed by atoms with Crippen LogP contribution in [0.15, 0.2) is 53.8 Å². The molecule has 1 unspecified atom stereocenters. The number of rotatable bonds is 4. The first kappa shape index (κ1) is 21.8. The number of ketones is 1. The van der Waals surface area contributed by atoms with E-state index in [-0.39, 0.29) is 5.57 Å². The zero-order valence-electron chi connectivity index (χ0n) is 17.9. The molecule has 9 heteroatoms. The van der Waals surface area contributed by atoms with Crippen LogP contribution in [-0.2, 0) is 4.79 Å². The minimum Gasteiger partial charge on any atom is -0.503 e. The molecule has 0 aliphatic carbocycles. The molecule has 166 valence electrons. The summed E-state index contributed by atoms with van der Waals surface area (Å²) in [6.45, 7) is 5.53. The van der Waals surface area contributed by atoms with Crippen LogP contribution in [0.2, 0.25) is 5.02 Å². The monoisotopic (exact) mass is 495 g/mol. The number of aromatic nitrogens is 2. The van der Waals surface area contributed by atoms with Crippen LogP contribution in [0.5, 0.6) is 0 Å². The number of hydrogen-bond donors (Lipinski definition) is 1. The highest BCUT2D eigenvalue weighted by molar-refractivity contribution is 7.22. The molecular formula is C24H18ClN3O3S2. The Kier molecular flexibility index (Phi) is 5.31. The van der Waals surface area contributed by atoms with Crippen molar-refractivity contribution in [2.24, 2.45) is 0 Å². The van der Waals surface area contributed by atoms with Gasteiger partial charge in [-0.25, -0.2) is 9.97 Å². The van der Waals surface area contributed by atoms with Gasteiger partial charge >= 0.3 is 0 Å². The number of aryl methyl sites for hydroxylation is 3. The predicted molar refractivity (Wildman–Crippen MR) is 132 cm³/mol. The third-order valence-electron chi connectivity index (χ3n) is 5.50. The molecule has 6 nitrogen and oxygen atoms in total. The molecule has 1 aliphatic rings. The maximum atomic E-state index is 13.6. The molecule has 1 amide bonds. The van der Waals surface area contributed by atoms with Crippen molar-refractivity contribution in [1.82, 2.24) is 9.97 Å². The van der Waals surface area contributed by atoms with Crippen LogP contribution in [-0.4, -0.2) is 26.8 Å². The summed E-state index contributed by atoms with van der Waals surface area (Å²) >= 11 is 8.66. The number of thiazole rings is 2. The predicted octanol–water partition coefficient (Wildman–Crippen LogP) is 6.11. The molecule has 1 atom stereocenters. The first-order chi connectivity index (χ1) is 15.7. The summed E-state index contributed by atoms with van der Waals surface area (Å²) in [6, 6.07) is 12.0. The number of aliphatic hydroxyl groups excluding tert-OH is 1. The number of carbonyl (C=O) groups excluding carboxylic acids is 2. The third kappa shape index (κ3) is 3.64. The van der Waals surface area contributed by atoms with Crippen molar-refractivity contribution in [2.45, 2.75) is 26.8 Å². The summed E-state index contributed by atoms with van der Waals surface area (Å²) in [5, 5.41) is 12.6. The molecule has 33 heavy (non-hydrogen) atoms. The second-order valence-corrected chi connectivity index (χ2v) is 10.5. The van der Waals surface area contributed by atoms with E-state index in [1.807, 2.05) is 38.1 Å². The average Bonchev–Trinajstić information content (AvgIpc) is 3.41. The number of amides is 1. The fourth-order valence-electron chi connectivity index (χ4n) is 3.95. The maximum Gasteiger partial charge on any atom is 0.296 e. The zero-order chi connectivity index (χ0) is 23.4. The maximum absolute atomic E-state index is 13.6. The number of nitrogens with zero attached hydrogens (tertiary/aromatic N) is 3. The molecule has 4 aromatic rings. The second kappa shape index (κ2) is 8.06. The zero-order valence-corrected chi connectivity index (χ0v) is 20.3. The molecule has 3 heterocycles. The number of Topliss-reactive ketones (excluding diaryl/α,β-unsaturated/α-hetero) is 1. The molecule has 5 rings (SSSR count). The van der Waals surface area contributed by atoms with Gasteiger partial charge in [0, 0.05) is 5.02 Å². The number of hydrogen-bond acceptors (Lipinski definition) is 7. The molecule has 1 N–H and O–H groups in total. The highest BCUT2D eigenvalue weighted by atomic mass is 35.5. The number of benzene rings is 2. The van der Waals surface area contributed by atoms with Crippen LogP contribution in [0.25, 0.3) is 10.2 Å². The van der Waals surface area contributed by atoms with Gasteiger partial charge in [-0.3, -0.25) is 14.5 Å². The van der Waals surface area contributed by atoms with Gasteiger partial charge in [-0.2, -0.15) is 0 Å². The number of aliphatic hydroxyl groups is 1. The number of fused-ring (bicyclic) bond motifs is 1. The van der Waals surface area contributed by atoms with Gasteiger partial charge in [0.25, 0.3) is 5.91 Å². The Balaban J connectivity index is 1.69. The Morgan fingerprint density at radius 3 is 2.45 bits per heavy atom. The van der Waals surface area contributed by atoms with Crippen LogP contribution in [0, 0.1) is 20.8 Å². The lowest BCUT2D eigenvalue weighted by Gasteiger charge is -2.24. The third-order valence-corrected chi connectivity index (χ3v) is 7.83. The lowest BCUT2D eigenvalue weighted by Crippen LogP contribution is -2.31. The molecule has 0 saturated carbocycles. The highest BCUT2D eigenvalue weighted by Gasteiger charge is 2.46. The molecule has 0 fully saturated rings. The van der Waals surface area contributed by atoms with E-state index in [0.29, 0.717) is 31.8 Å². The van der Waals surface area contributed by atoms with E-state index < -0.39 is 23.5 Å². The SMILES string of the molecule is Cc1ccc(C2C(C(=O)c3sc(C)nc3C)=C(O)C(=O)N2c2nc3ccc(Cl)cc3s2)cc1. The number of halogens is 1. The van der Waals surface area contributed by atoms with E-state index in [0.717, 1.165) is 15.3 Å². The topological polar surface area (TPSA) is 83.4 Å². The number of carbonyl (C=O) groups is 2. The van der Waals surface area contributed by atoms with E-state index in [1.165, 1.54) is 27.6 Å². The molecule has 1 aliphatic heterocycles. The van der Waals surface area contributed by atoms with Gasteiger partial charge in [0.1, 0.15) is 0 Å². The average molecular weight is 496 g/mol. The van der Waals surface area contributed by atoms with Gasteiger partial charge in [-0.05, 0) is 44.5 Å². The minimum absolute atomic E-state index is 0.0351. The molecule has 2 aromatic heterocycles. The summed E-state index contributed by atoms with van der Waals surface area (Å²) in [6.07, 6.45) is 0. The van der Waals surface area contributed by atoms with Gasteiger partial charge < -0.3 is 5.11 Å². The summed E-state index contributed by atoms with van der Waals surface area (Å²) in [5.41, 5.74) is 3.04. The van der Waals surface area contributed by atoms with Gasteiger partial charge in [0.2, 0.25) is 5.78 Å². The van der Waals surface area contributed by atoms with Crippen molar-refractivity contribution in [3.63, 3.8) is 0 Å². The largest absolute Gasteiger partial charge is 0.503 e. The molecular weight excluding hydrogens is 478 g/mol. The van der Waals surface area contributed by atoms with Crippen molar-refractivity contribution in [2.75, 3.05) is 4.90 Å². The molecule has 0 bridgehead atoms. The van der Waals surface area contributed by atoms with Crippen LogP contribution >= 0.6 is 34.3 Å². The van der Waals surface area contributed by atoms with Crippen LogP contribution < -0.4 is 4.90 Å². The lowest BCUT2D eigenvalue weighted by atomic mass is 9.94. The van der Waals surface area contributed by atoms with Crippen LogP contribution in [0.1, 0.15) is 37.5 Å². The summed E-state index contributed by atoms with van der Waals surface area (Å²) in [4.78, 5) is 37.7. The van der Waals surface area contributed by atoms with E-state index in [2.05, 4.69) is 9.97 Å². The Bertz CT molecular complexity index is 1470. The van der Waals surface area contributed by atoms with Gasteiger partial charge in [-0.1, -0.05) is 52.8 Å². The first-order valence-corrected chi connectivity index (χ1v) is 12.1. The van der Waals surface area contributed by atoms with Crippen molar-refractivity contribution in [3.05, 3.63) is 85.5 Å². The van der Waals surface area contributed by atoms with E-state index in [9.17, 15) is 14.7 Å². The molecule has 0 saturated heterocycles. The van der Waals surface area contributed by atoms with Gasteiger partial charge in [0.15, 0.2) is 10.9 Å². The Morgan fingerprint density at radius 2 is 1.79 bits per heavy atom. The first-order valence-electron chi connectivity index (χ1n) is 10.1. The van der Waals surface area contributed by atoms with Crippen molar-refractivity contribution >= 4 is 61.3 Å². The lowest BCUT2D eigenvalue weighted by molar-refractivity contribution is -0.117. The Labute approximate surface area is 202 Å². The Morgan fingerprint density at radius 1 is 1.06 bits per heavy atom.